The third-order valence-electron chi connectivity index (χ3n) is 6.42. The third-order valence-corrected chi connectivity index (χ3v) is 6.42. The van der Waals surface area contributed by atoms with Gasteiger partial charge in [0.1, 0.15) is 5.82 Å². The highest BCUT2D eigenvalue weighted by Crippen LogP contribution is 2.26. The van der Waals surface area contributed by atoms with E-state index in [1.807, 2.05) is 72.2 Å². The second-order valence-electron chi connectivity index (χ2n) is 9.05. The van der Waals surface area contributed by atoms with Crippen LogP contribution in [0.4, 0.5) is 0 Å². The molecule has 2 heterocycles. The monoisotopic (exact) mass is 446 g/mol. The van der Waals surface area contributed by atoms with E-state index in [2.05, 4.69) is 9.97 Å². The average molecular weight is 447 g/mol. The number of hydrogen-bond donors (Lipinski definition) is 1. The first-order valence-corrected chi connectivity index (χ1v) is 11.5. The summed E-state index contributed by atoms with van der Waals surface area (Å²) >= 11 is 0. The first kappa shape index (κ1) is 22.7. The summed E-state index contributed by atoms with van der Waals surface area (Å²) in [5.41, 5.74) is 0.911. The fourth-order valence-corrected chi connectivity index (χ4v) is 4.35. The molecule has 7 heteroatoms. The summed E-state index contributed by atoms with van der Waals surface area (Å²) in [4.78, 5) is 49.0. The third kappa shape index (κ3) is 4.97. The van der Waals surface area contributed by atoms with Gasteiger partial charge in [-0.2, -0.15) is 0 Å². The SMILES string of the molecule is CC(C)(C(=O)N1CCN(C(=O)CCCc2nc3ccccc3c(=O)[nH]2)CC1)c1ccccc1. The molecule has 2 aromatic carbocycles. The minimum atomic E-state index is -0.600. The molecule has 1 aliphatic heterocycles. The molecule has 0 bridgehead atoms. The molecule has 0 atom stereocenters. The zero-order chi connectivity index (χ0) is 23.4. The summed E-state index contributed by atoms with van der Waals surface area (Å²) in [6, 6.07) is 17.0. The van der Waals surface area contributed by atoms with Crippen molar-refractivity contribution < 1.29 is 9.59 Å². The van der Waals surface area contributed by atoms with E-state index in [1.54, 1.807) is 6.07 Å². The highest BCUT2D eigenvalue weighted by molar-refractivity contribution is 5.87. The Balaban J connectivity index is 1.27. The number of carbonyl (C=O) groups is 2. The highest BCUT2D eigenvalue weighted by Gasteiger charge is 2.35. The molecule has 172 valence electrons. The molecule has 0 aliphatic carbocycles. The largest absolute Gasteiger partial charge is 0.339 e. The fourth-order valence-electron chi connectivity index (χ4n) is 4.35. The van der Waals surface area contributed by atoms with Gasteiger partial charge >= 0.3 is 0 Å². The van der Waals surface area contributed by atoms with E-state index in [0.29, 0.717) is 62.2 Å². The number of amides is 2. The normalized spacial score (nSPS) is 14.5. The van der Waals surface area contributed by atoms with Gasteiger partial charge in [-0.3, -0.25) is 14.4 Å². The molecule has 2 amide bonds. The Morgan fingerprint density at radius 2 is 1.58 bits per heavy atom. The van der Waals surface area contributed by atoms with Crippen LogP contribution in [0.1, 0.15) is 38.1 Å². The number of nitrogens with zero attached hydrogens (tertiary/aromatic N) is 3. The average Bonchev–Trinajstić information content (AvgIpc) is 2.84. The van der Waals surface area contributed by atoms with Crippen LogP contribution in [0.5, 0.6) is 0 Å². The number of para-hydroxylation sites is 1. The van der Waals surface area contributed by atoms with E-state index in [4.69, 9.17) is 0 Å². The van der Waals surface area contributed by atoms with E-state index in [1.165, 1.54) is 0 Å². The Hall–Kier alpha value is -3.48. The maximum atomic E-state index is 13.1. The molecule has 1 saturated heterocycles. The first-order chi connectivity index (χ1) is 15.9. The predicted octanol–water partition coefficient (Wildman–Crippen LogP) is 2.89. The van der Waals surface area contributed by atoms with Crippen LogP contribution in [0.25, 0.3) is 10.9 Å². The lowest BCUT2D eigenvalue weighted by Crippen LogP contribution is -2.54. The summed E-state index contributed by atoms with van der Waals surface area (Å²) < 4.78 is 0. The van der Waals surface area contributed by atoms with Crippen LogP contribution < -0.4 is 5.56 Å². The van der Waals surface area contributed by atoms with E-state index in [-0.39, 0.29) is 17.4 Å². The molecular weight excluding hydrogens is 416 g/mol. The predicted molar refractivity (Wildman–Crippen MR) is 128 cm³/mol. The minimum absolute atomic E-state index is 0.0764. The van der Waals surface area contributed by atoms with Gasteiger partial charge in [0.05, 0.1) is 16.3 Å². The lowest BCUT2D eigenvalue weighted by atomic mass is 9.83. The summed E-state index contributed by atoms with van der Waals surface area (Å²) in [6.07, 6.45) is 1.54. The molecule has 1 aliphatic rings. The number of nitrogens with one attached hydrogen (secondary N) is 1. The van der Waals surface area contributed by atoms with Gasteiger partial charge in [-0.1, -0.05) is 42.5 Å². The molecule has 33 heavy (non-hydrogen) atoms. The van der Waals surface area contributed by atoms with Crippen molar-refractivity contribution in [1.29, 1.82) is 0 Å². The van der Waals surface area contributed by atoms with Crippen molar-refractivity contribution >= 4 is 22.7 Å². The van der Waals surface area contributed by atoms with Gasteiger partial charge in [0, 0.05) is 39.0 Å². The van der Waals surface area contributed by atoms with Gasteiger partial charge in [-0.15, -0.1) is 0 Å². The zero-order valence-electron chi connectivity index (χ0n) is 19.2. The molecule has 1 N–H and O–H groups in total. The number of aromatic amines is 1. The quantitative estimate of drug-likeness (QED) is 0.631. The summed E-state index contributed by atoms with van der Waals surface area (Å²) in [5, 5.41) is 0.570. The Labute approximate surface area is 193 Å². The Morgan fingerprint density at radius 1 is 0.939 bits per heavy atom. The molecule has 0 saturated carbocycles. The summed E-state index contributed by atoms with van der Waals surface area (Å²) in [6.45, 7) is 6.07. The maximum absolute atomic E-state index is 13.1. The Kier molecular flexibility index (Phi) is 6.58. The standard InChI is InChI=1S/C26H30N4O3/c1-26(2,19-9-4-3-5-10-19)25(33)30-17-15-29(16-18-30)23(31)14-8-13-22-27-21-12-7-6-11-20(21)24(32)28-22/h3-7,9-12H,8,13-18H2,1-2H3,(H,27,28,32). The maximum Gasteiger partial charge on any atom is 0.258 e. The summed E-state index contributed by atoms with van der Waals surface area (Å²) in [7, 11) is 0. The highest BCUT2D eigenvalue weighted by atomic mass is 16.2. The van der Waals surface area contributed by atoms with Gasteiger partial charge in [0.25, 0.3) is 5.56 Å². The van der Waals surface area contributed by atoms with E-state index >= 15 is 0 Å². The number of aromatic nitrogens is 2. The first-order valence-electron chi connectivity index (χ1n) is 11.5. The van der Waals surface area contributed by atoms with Crippen molar-refractivity contribution in [2.24, 2.45) is 0 Å². The molecular formula is C26H30N4O3. The molecule has 0 spiro atoms. The second kappa shape index (κ2) is 9.57. The number of carbonyl (C=O) groups excluding carboxylic acids is 2. The van der Waals surface area contributed by atoms with Crippen LogP contribution in [0.3, 0.4) is 0 Å². The van der Waals surface area contributed by atoms with Crippen LogP contribution in [-0.2, 0) is 21.4 Å². The van der Waals surface area contributed by atoms with E-state index < -0.39 is 5.41 Å². The van der Waals surface area contributed by atoms with Crippen LogP contribution in [0.15, 0.2) is 59.4 Å². The van der Waals surface area contributed by atoms with Gasteiger partial charge in [0.15, 0.2) is 0 Å². The van der Waals surface area contributed by atoms with Crippen molar-refractivity contribution in [2.75, 3.05) is 26.2 Å². The van der Waals surface area contributed by atoms with Crippen LogP contribution in [-0.4, -0.2) is 57.8 Å². The number of rotatable bonds is 6. The molecule has 4 rings (SSSR count). The smallest absolute Gasteiger partial charge is 0.258 e. The van der Waals surface area contributed by atoms with Crippen molar-refractivity contribution in [2.45, 2.75) is 38.5 Å². The molecule has 3 aromatic rings. The van der Waals surface area contributed by atoms with Crippen LogP contribution in [0, 0.1) is 0 Å². The molecule has 1 fully saturated rings. The number of benzene rings is 2. The minimum Gasteiger partial charge on any atom is -0.339 e. The van der Waals surface area contributed by atoms with Gasteiger partial charge in [0.2, 0.25) is 11.8 Å². The van der Waals surface area contributed by atoms with E-state index in [0.717, 1.165) is 5.56 Å². The van der Waals surface area contributed by atoms with Crippen LogP contribution in [0.2, 0.25) is 0 Å². The number of H-pyrrole nitrogens is 1. The Bertz CT molecular complexity index is 1190. The van der Waals surface area contributed by atoms with Crippen LogP contribution >= 0.6 is 0 Å². The molecule has 0 radical (unpaired) electrons. The zero-order valence-corrected chi connectivity index (χ0v) is 19.2. The van der Waals surface area contributed by atoms with Gasteiger partial charge < -0.3 is 14.8 Å². The van der Waals surface area contributed by atoms with Crippen molar-refractivity contribution in [3.8, 4) is 0 Å². The van der Waals surface area contributed by atoms with Gasteiger partial charge in [-0.05, 0) is 38.0 Å². The number of piperazine rings is 1. The number of fused-ring (bicyclic) bond motifs is 1. The summed E-state index contributed by atoms with van der Waals surface area (Å²) in [5.74, 6) is 0.768. The molecule has 1 aromatic heterocycles. The second-order valence-corrected chi connectivity index (χ2v) is 9.05. The lowest BCUT2D eigenvalue weighted by molar-refractivity contribution is -0.142. The Morgan fingerprint density at radius 3 is 2.30 bits per heavy atom. The van der Waals surface area contributed by atoms with E-state index in [9.17, 15) is 14.4 Å². The number of aryl methyl sites for hydroxylation is 1. The fraction of sp³-hybridized carbons (Fsp3) is 0.385. The van der Waals surface area contributed by atoms with Crippen molar-refractivity contribution in [1.82, 2.24) is 19.8 Å². The lowest BCUT2D eigenvalue weighted by Gasteiger charge is -2.39. The number of hydrogen-bond acceptors (Lipinski definition) is 4. The molecule has 0 unspecified atom stereocenters. The van der Waals surface area contributed by atoms with Crippen molar-refractivity contribution in [3.05, 3.63) is 76.3 Å². The van der Waals surface area contributed by atoms with Crippen molar-refractivity contribution in [3.63, 3.8) is 0 Å². The van der Waals surface area contributed by atoms with Gasteiger partial charge in [-0.25, -0.2) is 4.98 Å². The topological polar surface area (TPSA) is 86.4 Å². The molecule has 7 nitrogen and oxygen atoms in total.